The van der Waals surface area contributed by atoms with E-state index in [2.05, 4.69) is 0 Å². The molecular weight excluding hydrogens is 274 g/mol. The molecule has 19 heavy (non-hydrogen) atoms. The molecule has 0 aromatic heterocycles. The molecule has 0 heterocycles. The summed E-state index contributed by atoms with van der Waals surface area (Å²) in [5, 5.41) is 0.474. The third kappa shape index (κ3) is 3.76. The number of carbonyl (C=O) groups is 1. The number of rotatable bonds is 4. The van der Waals surface area contributed by atoms with Crippen molar-refractivity contribution in [3.63, 3.8) is 0 Å². The van der Waals surface area contributed by atoms with Crippen LogP contribution in [0.25, 0.3) is 0 Å². The molecule has 0 aliphatic carbocycles. The van der Waals surface area contributed by atoms with Crippen LogP contribution in [0.4, 0.5) is 8.78 Å². The van der Waals surface area contributed by atoms with Gasteiger partial charge in [-0.05, 0) is 30.3 Å². The van der Waals surface area contributed by atoms with Crippen LogP contribution in [0, 0.1) is 11.6 Å². The van der Waals surface area contributed by atoms with Gasteiger partial charge in [0.1, 0.15) is 17.4 Å². The van der Waals surface area contributed by atoms with E-state index in [0.29, 0.717) is 16.8 Å². The Kier molecular flexibility index (Phi) is 4.12. The molecule has 0 aliphatic heterocycles. The lowest BCUT2D eigenvalue weighted by Gasteiger charge is -2.06. The molecule has 0 spiro atoms. The zero-order valence-electron chi connectivity index (χ0n) is 9.70. The fourth-order valence-electron chi connectivity index (χ4n) is 1.50. The quantitative estimate of drug-likeness (QED) is 0.796. The summed E-state index contributed by atoms with van der Waals surface area (Å²) >= 11 is 5.75. The van der Waals surface area contributed by atoms with Gasteiger partial charge in [0.2, 0.25) is 0 Å². The lowest BCUT2D eigenvalue weighted by Crippen LogP contribution is -2.12. The topological polar surface area (TPSA) is 26.3 Å². The first-order valence-corrected chi connectivity index (χ1v) is 5.80. The van der Waals surface area contributed by atoms with Gasteiger partial charge in [-0.1, -0.05) is 17.7 Å². The van der Waals surface area contributed by atoms with Crippen molar-refractivity contribution in [3.8, 4) is 5.75 Å². The van der Waals surface area contributed by atoms with E-state index in [4.69, 9.17) is 16.3 Å². The molecule has 2 aromatic carbocycles. The third-order valence-corrected chi connectivity index (χ3v) is 2.59. The fourth-order valence-corrected chi connectivity index (χ4v) is 1.68. The Balaban J connectivity index is 2.05. The van der Waals surface area contributed by atoms with Gasteiger partial charge in [0, 0.05) is 16.7 Å². The molecule has 98 valence electrons. The van der Waals surface area contributed by atoms with Crippen LogP contribution in [-0.2, 0) is 0 Å². The van der Waals surface area contributed by atoms with E-state index >= 15 is 0 Å². The van der Waals surface area contributed by atoms with Crippen LogP contribution in [0.2, 0.25) is 5.02 Å². The van der Waals surface area contributed by atoms with Gasteiger partial charge in [-0.2, -0.15) is 0 Å². The molecule has 0 radical (unpaired) electrons. The van der Waals surface area contributed by atoms with E-state index in [0.717, 1.165) is 12.1 Å². The highest BCUT2D eigenvalue weighted by atomic mass is 35.5. The van der Waals surface area contributed by atoms with Crippen molar-refractivity contribution >= 4 is 17.4 Å². The van der Waals surface area contributed by atoms with Crippen LogP contribution >= 0.6 is 11.6 Å². The monoisotopic (exact) mass is 282 g/mol. The Bertz CT molecular complexity index is 594. The smallest absolute Gasteiger partial charge is 0.200 e. The number of hydrogen-bond acceptors (Lipinski definition) is 2. The molecule has 2 aromatic rings. The van der Waals surface area contributed by atoms with Crippen LogP contribution in [-0.4, -0.2) is 12.4 Å². The summed E-state index contributed by atoms with van der Waals surface area (Å²) in [4.78, 5) is 11.7. The van der Waals surface area contributed by atoms with Crippen molar-refractivity contribution in [2.45, 2.75) is 0 Å². The molecule has 0 amide bonds. The molecule has 0 N–H and O–H groups in total. The number of ketones is 1. The van der Waals surface area contributed by atoms with Gasteiger partial charge in [0.15, 0.2) is 12.4 Å². The molecule has 0 unspecified atom stereocenters. The summed E-state index contributed by atoms with van der Waals surface area (Å²) in [7, 11) is 0. The van der Waals surface area contributed by atoms with Crippen molar-refractivity contribution in [1.82, 2.24) is 0 Å². The number of Topliss-reactive ketones (excluding diaryl/α,β-unsaturated/α-hetero) is 1. The first kappa shape index (κ1) is 13.5. The molecule has 5 heteroatoms. The van der Waals surface area contributed by atoms with Gasteiger partial charge in [-0.15, -0.1) is 0 Å². The summed E-state index contributed by atoms with van der Waals surface area (Å²) in [6, 6.07) is 9.14. The van der Waals surface area contributed by atoms with Crippen molar-refractivity contribution in [1.29, 1.82) is 0 Å². The average molecular weight is 283 g/mol. The fraction of sp³-hybridized carbons (Fsp3) is 0.0714. The molecule has 0 aliphatic rings. The third-order valence-electron chi connectivity index (χ3n) is 2.35. The van der Waals surface area contributed by atoms with Gasteiger partial charge in [-0.3, -0.25) is 4.79 Å². The lowest BCUT2D eigenvalue weighted by atomic mass is 10.1. The lowest BCUT2D eigenvalue weighted by molar-refractivity contribution is 0.0920. The van der Waals surface area contributed by atoms with E-state index in [1.54, 1.807) is 24.3 Å². The molecule has 0 atom stereocenters. The van der Waals surface area contributed by atoms with Crippen LogP contribution in [0.15, 0.2) is 42.5 Å². The number of halogens is 3. The van der Waals surface area contributed by atoms with Crippen LogP contribution in [0.5, 0.6) is 5.75 Å². The van der Waals surface area contributed by atoms with Gasteiger partial charge in [0.05, 0.1) is 0 Å². The van der Waals surface area contributed by atoms with Crippen LogP contribution in [0.1, 0.15) is 10.4 Å². The molecular formula is C14H9ClF2O2. The first-order valence-electron chi connectivity index (χ1n) is 5.42. The highest BCUT2D eigenvalue weighted by Crippen LogP contribution is 2.17. The van der Waals surface area contributed by atoms with Crippen molar-refractivity contribution in [3.05, 3.63) is 64.7 Å². The second kappa shape index (κ2) is 5.80. The summed E-state index contributed by atoms with van der Waals surface area (Å²) in [6.45, 7) is -0.316. The summed E-state index contributed by atoms with van der Waals surface area (Å²) in [6.07, 6.45) is 0. The van der Waals surface area contributed by atoms with Gasteiger partial charge in [0.25, 0.3) is 0 Å². The van der Waals surface area contributed by atoms with Gasteiger partial charge in [-0.25, -0.2) is 8.78 Å². The second-order valence-corrected chi connectivity index (χ2v) is 4.26. The van der Waals surface area contributed by atoms with Crippen molar-refractivity contribution in [2.75, 3.05) is 6.61 Å². The molecule has 2 rings (SSSR count). The maximum absolute atomic E-state index is 13.0. The Hall–Kier alpha value is -1.94. The highest BCUT2D eigenvalue weighted by molar-refractivity contribution is 6.30. The minimum atomic E-state index is -0.800. The van der Waals surface area contributed by atoms with E-state index in [1.165, 1.54) is 0 Å². The summed E-state index contributed by atoms with van der Waals surface area (Å²) < 4.78 is 31.1. The van der Waals surface area contributed by atoms with E-state index < -0.39 is 17.4 Å². The minimum Gasteiger partial charge on any atom is -0.485 e. The molecule has 0 fully saturated rings. The predicted molar refractivity (Wildman–Crippen MR) is 67.6 cm³/mol. The number of carbonyl (C=O) groups excluding carboxylic acids is 1. The summed E-state index contributed by atoms with van der Waals surface area (Å²) in [5.74, 6) is -1.70. The molecule has 0 bridgehead atoms. The van der Waals surface area contributed by atoms with E-state index in [1.807, 2.05) is 0 Å². The Morgan fingerprint density at radius 1 is 1.11 bits per heavy atom. The van der Waals surface area contributed by atoms with Crippen molar-refractivity contribution < 1.29 is 18.3 Å². The van der Waals surface area contributed by atoms with E-state index in [-0.39, 0.29) is 12.2 Å². The second-order valence-electron chi connectivity index (χ2n) is 3.83. The van der Waals surface area contributed by atoms with Gasteiger partial charge < -0.3 is 4.74 Å². The number of benzene rings is 2. The molecule has 0 saturated carbocycles. The van der Waals surface area contributed by atoms with E-state index in [9.17, 15) is 13.6 Å². The predicted octanol–water partition coefficient (Wildman–Crippen LogP) is 3.88. The first-order chi connectivity index (χ1) is 9.04. The minimum absolute atomic E-state index is 0.0699. The maximum Gasteiger partial charge on any atom is 0.200 e. The van der Waals surface area contributed by atoms with Crippen LogP contribution < -0.4 is 4.74 Å². The van der Waals surface area contributed by atoms with Crippen molar-refractivity contribution in [2.24, 2.45) is 0 Å². The largest absolute Gasteiger partial charge is 0.485 e. The van der Waals surface area contributed by atoms with Gasteiger partial charge >= 0.3 is 0 Å². The number of ether oxygens (including phenoxy) is 1. The maximum atomic E-state index is 13.0. The SMILES string of the molecule is O=C(COc1cccc(Cl)c1)c1cc(F)cc(F)c1. The molecule has 2 nitrogen and oxygen atoms in total. The normalized spacial score (nSPS) is 10.3. The van der Waals surface area contributed by atoms with Crippen LogP contribution in [0.3, 0.4) is 0 Å². The highest BCUT2D eigenvalue weighted by Gasteiger charge is 2.10. The standard InChI is InChI=1S/C14H9ClF2O2/c15-10-2-1-3-13(6-10)19-8-14(18)9-4-11(16)7-12(17)5-9/h1-7H,8H2. The summed E-state index contributed by atoms with van der Waals surface area (Å²) in [5.41, 5.74) is -0.0699. The average Bonchev–Trinajstić information content (AvgIpc) is 2.35. The zero-order valence-corrected chi connectivity index (χ0v) is 10.5. The zero-order chi connectivity index (χ0) is 13.8. The Labute approximate surface area is 113 Å². The molecule has 0 saturated heterocycles. The number of hydrogen-bond donors (Lipinski definition) is 0. The Morgan fingerprint density at radius 3 is 2.42 bits per heavy atom. The Morgan fingerprint density at radius 2 is 1.79 bits per heavy atom.